The lowest BCUT2D eigenvalue weighted by Crippen LogP contribution is -2.36. The van der Waals surface area contributed by atoms with Crippen LogP contribution in [0, 0.1) is 6.92 Å². The second-order valence-electron chi connectivity index (χ2n) is 7.11. The van der Waals surface area contributed by atoms with Crippen molar-refractivity contribution >= 4 is 34.8 Å². The van der Waals surface area contributed by atoms with Gasteiger partial charge in [0.15, 0.2) is 5.69 Å². The lowest BCUT2D eigenvalue weighted by molar-refractivity contribution is 0.102. The summed E-state index contributed by atoms with van der Waals surface area (Å²) in [5.74, 6) is 0.238. The second-order valence-corrected chi connectivity index (χ2v) is 7.52. The number of anilines is 3. The highest BCUT2D eigenvalue weighted by Gasteiger charge is 2.20. The molecule has 2 fully saturated rings. The molecule has 0 aliphatic carbocycles. The molecular weight excluding hydrogens is 378 g/mol. The number of hydrogen-bond donors (Lipinski definition) is 1. The van der Waals surface area contributed by atoms with Crippen LogP contribution in [-0.4, -0.2) is 55.3 Å². The Morgan fingerprint density at radius 3 is 2.61 bits per heavy atom. The van der Waals surface area contributed by atoms with Crippen LogP contribution in [0.25, 0.3) is 0 Å². The van der Waals surface area contributed by atoms with Crippen molar-refractivity contribution in [2.45, 2.75) is 19.8 Å². The fourth-order valence-electron chi connectivity index (χ4n) is 3.57. The molecule has 3 heterocycles. The normalized spacial score (nSPS) is 17.1. The Bertz CT molecular complexity index is 864. The van der Waals surface area contributed by atoms with Gasteiger partial charge in [-0.25, -0.2) is 9.97 Å². The molecule has 2 aliphatic heterocycles. The molecule has 0 radical (unpaired) electrons. The van der Waals surface area contributed by atoms with Gasteiger partial charge in [0.2, 0.25) is 5.95 Å². The van der Waals surface area contributed by atoms with Gasteiger partial charge in [-0.3, -0.25) is 4.79 Å². The number of ether oxygens (including phenoxy) is 1. The maximum Gasteiger partial charge on any atom is 0.276 e. The average Bonchev–Trinajstić information content (AvgIpc) is 3.25. The SMILES string of the molecule is Cc1cc(N2CCOCC2)ccc1NC(=O)c1nc(N2CCCC2)ncc1Cl. The Labute approximate surface area is 169 Å². The third-order valence-electron chi connectivity index (χ3n) is 5.17. The van der Waals surface area contributed by atoms with Gasteiger partial charge in [-0.05, 0) is 43.5 Å². The Morgan fingerprint density at radius 1 is 1.14 bits per heavy atom. The van der Waals surface area contributed by atoms with Crippen molar-refractivity contribution in [1.29, 1.82) is 0 Å². The summed E-state index contributed by atoms with van der Waals surface area (Å²) in [4.78, 5) is 25.9. The van der Waals surface area contributed by atoms with Crippen LogP contribution >= 0.6 is 11.6 Å². The highest BCUT2D eigenvalue weighted by Crippen LogP contribution is 2.25. The number of aryl methyl sites for hydroxylation is 1. The number of morpholine rings is 1. The van der Waals surface area contributed by atoms with Crippen molar-refractivity contribution in [3.8, 4) is 0 Å². The molecule has 28 heavy (non-hydrogen) atoms. The Balaban J connectivity index is 1.51. The number of aromatic nitrogens is 2. The van der Waals surface area contributed by atoms with Crippen LogP contribution in [-0.2, 0) is 4.74 Å². The van der Waals surface area contributed by atoms with Gasteiger partial charge < -0.3 is 19.9 Å². The molecule has 0 spiro atoms. The molecule has 1 aromatic carbocycles. The predicted molar refractivity (Wildman–Crippen MR) is 111 cm³/mol. The topological polar surface area (TPSA) is 70.6 Å². The van der Waals surface area contributed by atoms with Crippen LogP contribution in [0.4, 0.5) is 17.3 Å². The van der Waals surface area contributed by atoms with E-state index in [0.29, 0.717) is 5.95 Å². The zero-order valence-electron chi connectivity index (χ0n) is 15.9. The summed E-state index contributed by atoms with van der Waals surface area (Å²) in [7, 11) is 0. The maximum absolute atomic E-state index is 12.8. The molecule has 2 saturated heterocycles. The average molecular weight is 402 g/mol. The van der Waals surface area contributed by atoms with E-state index in [-0.39, 0.29) is 16.6 Å². The molecule has 2 aromatic rings. The van der Waals surface area contributed by atoms with Gasteiger partial charge in [0.25, 0.3) is 5.91 Å². The lowest BCUT2D eigenvalue weighted by Gasteiger charge is -2.29. The van der Waals surface area contributed by atoms with Crippen LogP contribution < -0.4 is 15.1 Å². The summed E-state index contributed by atoms with van der Waals surface area (Å²) in [5, 5.41) is 3.19. The summed E-state index contributed by atoms with van der Waals surface area (Å²) in [6.07, 6.45) is 3.73. The van der Waals surface area contributed by atoms with Crippen molar-refractivity contribution in [3.05, 3.63) is 40.7 Å². The van der Waals surface area contributed by atoms with E-state index in [9.17, 15) is 4.79 Å². The number of hydrogen-bond acceptors (Lipinski definition) is 6. The highest BCUT2D eigenvalue weighted by molar-refractivity contribution is 6.34. The zero-order chi connectivity index (χ0) is 19.5. The predicted octanol–water partition coefficient (Wildman–Crippen LogP) is 3.13. The molecule has 0 bridgehead atoms. The number of rotatable bonds is 4. The number of benzene rings is 1. The smallest absolute Gasteiger partial charge is 0.276 e. The number of amides is 1. The standard InChI is InChI=1S/C20H24ClN5O2/c1-14-12-15(25-8-10-28-11-9-25)4-5-17(14)23-19(27)18-16(21)13-22-20(24-18)26-6-2-3-7-26/h4-5,12-13H,2-3,6-11H2,1H3,(H,23,27). The van der Waals surface area contributed by atoms with Crippen molar-refractivity contribution in [2.75, 3.05) is 54.5 Å². The van der Waals surface area contributed by atoms with E-state index in [1.54, 1.807) is 0 Å². The van der Waals surface area contributed by atoms with Gasteiger partial charge in [0.05, 0.1) is 24.4 Å². The molecule has 0 atom stereocenters. The largest absolute Gasteiger partial charge is 0.378 e. The summed E-state index contributed by atoms with van der Waals surface area (Å²) < 4.78 is 5.41. The van der Waals surface area contributed by atoms with Gasteiger partial charge in [0, 0.05) is 37.6 Å². The molecule has 148 valence electrons. The van der Waals surface area contributed by atoms with Crippen molar-refractivity contribution in [3.63, 3.8) is 0 Å². The first kappa shape index (κ1) is 19.0. The third-order valence-corrected chi connectivity index (χ3v) is 5.45. The molecule has 8 heteroatoms. The van der Waals surface area contributed by atoms with Gasteiger partial charge in [-0.15, -0.1) is 0 Å². The molecule has 0 saturated carbocycles. The number of carbonyl (C=O) groups excluding carboxylic acids is 1. The molecule has 0 unspecified atom stereocenters. The zero-order valence-corrected chi connectivity index (χ0v) is 16.7. The summed E-state index contributed by atoms with van der Waals surface area (Å²) in [6.45, 7) is 7.03. The van der Waals surface area contributed by atoms with E-state index in [1.807, 2.05) is 19.1 Å². The van der Waals surface area contributed by atoms with Crippen LogP contribution in [0.5, 0.6) is 0 Å². The molecular formula is C20H24ClN5O2. The molecule has 1 amide bonds. The van der Waals surface area contributed by atoms with Crippen molar-refractivity contribution in [2.24, 2.45) is 0 Å². The molecule has 2 aliphatic rings. The maximum atomic E-state index is 12.8. The molecule has 1 aromatic heterocycles. The highest BCUT2D eigenvalue weighted by atomic mass is 35.5. The molecule has 4 rings (SSSR count). The van der Waals surface area contributed by atoms with Gasteiger partial charge in [0.1, 0.15) is 0 Å². The minimum Gasteiger partial charge on any atom is -0.378 e. The van der Waals surface area contributed by atoms with E-state index in [2.05, 4.69) is 31.2 Å². The summed E-state index contributed by atoms with van der Waals surface area (Å²) in [5.41, 5.74) is 3.08. The van der Waals surface area contributed by atoms with Gasteiger partial charge in [-0.2, -0.15) is 0 Å². The first-order valence-electron chi connectivity index (χ1n) is 9.64. The fourth-order valence-corrected chi connectivity index (χ4v) is 3.75. The van der Waals surface area contributed by atoms with E-state index in [1.165, 1.54) is 6.20 Å². The van der Waals surface area contributed by atoms with E-state index >= 15 is 0 Å². The first-order valence-corrected chi connectivity index (χ1v) is 10.0. The van der Waals surface area contributed by atoms with Crippen molar-refractivity contribution in [1.82, 2.24) is 9.97 Å². The summed E-state index contributed by atoms with van der Waals surface area (Å²) >= 11 is 6.21. The second kappa shape index (κ2) is 8.32. The van der Waals surface area contributed by atoms with Crippen LogP contribution in [0.2, 0.25) is 5.02 Å². The molecule has 7 nitrogen and oxygen atoms in total. The molecule has 1 N–H and O–H groups in total. The first-order chi connectivity index (χ1) is 13.6. The van der Waals surface area contributed by atoms with Crippen LogP contribution in [0.3, 0.4) is 0 Å². The third kappa shape index (κ3) is 4.05. The monoisotopic (exact) mass is 401 g/mol. The van der Waals surface area contributed by atoms with Gasteiger partial charge in [-0.1, -0.05) is 11.6 Å². The van der Waals surface area contributed by atoms with Crippen LogP contribution in [0.15, 0.2) is 24.4 Å². The lowest BCUT2D eigenvalue weighted by atomic mass is 10.1. The van der Waals surface area contributed by atoms with Gasteiger partial charge >= 0.3 is 0 Å². The number of carbonyl (C=O) groups is 1. The van der Waals surface area contributed by atoms with E-state index < -0.39 is 0 Å². The Kier molecular flexibility index (Phi) is 5.64. The minimum absolute atomic E-state index is 0.204. The van der Waals surface area contributed by atoms with Crippen LogP contribution in [0.1, 0.15) is 28.9 Å². The number of nitrogens with zero attached hydrogens (tertiary/aromatic N) is 4. The summed E-state index contributed by atoms with van der Waals surface area (Å²) in [6, 6.07) is 6.03. The van der Waals surface area contributed by atoms with Crippen molar-refractivity contribution < 1.29 is 9.53 Å². The Morgan fingerprint density at radius 2 is 1.89 bits per heavy atom. The number of halogens is 1. The minimum atomic E-state index is -0.324. The van der Waals surface area contributed by atoms with E-state index in [0.717, 1.165) is 69.2 Å². The number of nitrogens with one attached hydrogen (secondary N) is 1. The fraction of sp³-hybridized carbons (Fsp3) is 0.450. The quantitative estimate of drug-likeness (QED) is 0.848. The van der Waals surface area contributed by atoms with E-state index in [4.69, 9.17) is 16.3 Å². The Hall–Kier alpha value is -2.38.